The molecule has 8 atom stereocenters. The highest BCUT2D eigenvalue weighted by Gasteiger charge is 2.72. The molecule has 3 N–H and O–H groups in total. The summed E-state index contributed by atoms with van der Waals surface area (Å²) in [7, 11) is 0. The summed E-state index contributed by atoms with van der Waals surface area (Å²) in [4.78, 5) is 36.4. The summed E-state index contributed by atoms with van der Waals surface area (Å²) in [5.74, 6) is -2.58. The van der Waals surface area contributed by atoms with Gasteiger partial charge in [0.2, 0.25) is 0 Å². The number of Topliss-reactive ketones (excluding diaryl/α,β-unsaturated/α-hetero) is 1. The molecule has 32 heavy (non-hydrogen) atoms. The van der Waals surface area contributed by atoms with Crippen molar-refractivity contribution in [1.82, 2.24) is 0 Å². The third-order valence-corrected chi connectivity index (χ3v) is 10.2. The monoisotopic (exact) mass is 443 g/mol. The predicted molar refractivity (Wildman–Crippen MR) is 114 cm³/mol. The van der Waals surface area contributed by atoms with E-state index in [1.807, 2.05) is 26.0 Å². The average molecular weight is 444 g/mol. The molecule has 0 aliphatic heterocycles. The lowest BCUT2D eigenvalue weighted by Crippen LogP contribution is -2.65. The Bertz CT molecular complexity index is 953. The van der Waals surface area contributed by atoms with Crippen LogP contribution in [0.2, 0.25) is 0 Å². The molecule has 7 nitrogen and oxygen atoms in total. The molecule has 0 amide bonds. The molecule has 0 aromatic carbocycles. The van der Waals surface area contributed by atoms with Crippen molar-refractivity contribution in [3.63, 3.8) is 0 Å². The van der Waals surface area contributed by atoms with Crippen LogP contribution < -0.4 is 0 Å². The Morgan fingerprint density at radius 2 is 1.91 bits per heavy atom. The van der Waals surface area contributed by atoms with Gasteiger partial charge in [-0.25, -0.2) is 0 Å². The van der Waals surface area contributed by atoms with E-state index in [9.17, 15) is 35.0 Å². The number of carbonyl (C=O) groups is 3. The summed E-state index contributed by atoms with van der Waals surface area (Å²) in [5.41, 5.74) is -4.76. The molecule has 0 radical (unpaired) electrons. The van der Waals surface area contributed by atoms with Gasteiger partial charge in [-0.3, -0.25) is 14.4 Å². The zero-order valence-electron chi connectivity index (χ0n) is 19.1. The van der Waals surface area contributed by atoms with Crippen LogP contribution in [-0.2, 0) is 14.4 Å². The fourth-order valence-corrected chi connectivity index (χ4v) is 8.16. The molecule has 0 saturated heterocycles. The van der Waals surface area contributed by atoms with Gasteiger partial charge in [0.15, 0.2) is 0 Å². The second-order valence-electron chi connectivity index (χ2n) is 11.5. The first-order valence-corrected chi connectivity index (χ1v) is 11.6. The average Bonchev–Trinajstić information content (AvgIpc) is 2.99. The molecule has 0 spiro atoms. The number of ketones is 1. The van der Waals surface area contributed by atoms with Crippen LogP contribution in [0.1, 0.15) is 72.1 Å². The normalized spacial score (nSPS) is 49.5. The maximum Gasteiger partial charge on any atom is 0.309 e. The number of carboxylic acids is 2. The lowest BCUT2D eigenvalue weighted by Gasteiger charge is -2.65. The van der Waals surface area contributed by atoms with E-state index in [0.29, 0.717) is 25.7 Å². The van der Waals surface area contributed by atoms with Crippen LogP contribution in [0.3, 0.4) is 0 Å². The molecular weight excluding hydrogens is 410 g/mol. The standard InChI is InChI=1S/C25H33NO6/c1-21(20(30)31)13-24(14-26)12-15(27)4-8-22(24,2)16-5-9-23(3)17(19(16)21)6-10-25(23,32)11-7-18(28)29/h5,9,16-17,19,32H,4,6-8,10-13H2,1-3H3,(H,28,29)(H,30,31)/t16-,17-,19+,21?,22+,23-,24?,25-/m0/s1. The molecule has 4 aliphatic rings. The van der Waals surface area contributed by atoms with E-state index < -0.39 is 39.2 Å². The molecule has 3 fully saturated rings. The van der Waals surface area contributed by atoms with Crippen molar-refractivity contribution in [3.05, 3.63) is 12.2 Å². The Morgan fingerprint density at radius 3 is 2.50 bits per heavy atom. The van der Waals surface area contributed by atoms with Crippen LogP contribution >= 0.6 is 0 Å². The quantitative estimate of drug-likeness (QED) is 0.565. The number of fused-ring (bicyclic) bond motifs is 5. The van der Waals surface area contributed by atoms with Gasteiger partial charge in [0.05, 0.1) is 22.5 Å². The summed E-state index contributed by atoms with van der Waals surface area (Å²) >= 11 is 0. The molecule has 0 aromatic heterocycles. The Kier molecular flexibility index (Phi) is 4.95. The lowest BCUT2D eigenvalue weighted by molar-refractivity contribution is -0.193. The first-order valence-electron chi connectivity index (χ1n) is 11.6. The number of allylic oxidation sites excluding steroid dienone is 1. The van der Waals surface area contributed by atoms with Crippen LogP contribution in [0.4, 0.5) is 0 Å². The van der Waals surface area contributed by atoms with E-state index in [-0.39, 0.29) is 49.2 Å². The fourth-order valence-electron chi connectivity index (χ4n) is 8.16. The maximum atomic E-state index is 12.8. The van der Waals surface area contributed by atoms with Crippen molar-refractivity contribution in [2.75, 3.05) is 0 Å². The second-order valence-corrected chi connectivity index (χ2v) is 11.5. The molecule has 174 valence electrons. The number of carboxylic acid groups (broad SMARTS) is 2. The Labute approximate surface area is 188 Å². The Morgan fingerprint density at radius 1 is 1.22 bits per heavy atom. The minimum absolute atomic E-state index is 0.0174. The summed E-state index contributed by atoms with van der Waals surface area (Å²) in [6.07, 6.45) is 6.12. The van der Waals surface area contributed by atoms with E-state index in [1.165, 1.54) is 0 Å². The first-order chi connectivity index (χ1) is 14.8. The van der Waals surface area contributed by atoms with Gasteiger partial charge in [-0.05, 0) is 62.2 Å². The number of nitriles is 1. The van der Waals surface area contributed by atoms with E-state index in [4.69, 9.17) is 0 Å². The second kappa shape index (κ2) is 6.90. The SMILES string of the molecule is CC1(C(=O)O)CC2(C#N)CC(=O)CC[C@]2(C)[C@H]2C=C[C@@]3(C)[C@@H](CC[C@]3(O)CCC(=O)O)[C@@H]21. The van der Waals surface area contributed by atoms with E-state index in [2.05, 4.69) is 6.07 Å². The highest BCUT2D eigenvalue weighted by atomic mass is 16.4. The maximum absolute atomic E-state index is 12.8. The summed E-state index contributed by atoms with van der Waals surface area (Å²) in [6, 6.07) is 2.42. The number of hydrogen-bond acceptors (Lipinski definition) is 5. The Balaban J connectivity index is 1.86. The minimum atomic E-state index is -1.23. The summed E-state index contributed by atoms with van der Waals surface area (Å²) < 4.78 is 0. The molecule has 7 heteroatoms. The third kappa shape index (κ3) is 2.71. The van der Waals surface area contributed by atoms with Crippen LogP contribution in [0.15, 0.2) is 12.2 Å². The number of rotatable bonds is 4. The molecule has 0 bridgehead atoms. The fraction of sp³-hybridized carbons (Fsp3) is 0.760. The number of aliphatic carboxylic acids is 2. The van der Waals surface area contributed by atoms with Gasteiger partial charge in [-0.15, -0.1) is 0 Å². The van der Waals surface area contributed by atoms with Crippen molar-refractivity contribution in [2.45, 2.75) is 77.7 Å². The summed E-state index contributed by atoms with van der Waals surface area (Å²) in [6.45, 7) is 5.68. The highest BCUT2D eigenvalue weighted by Crippen LogP contribution is 2.73. The van der Waals surface area contributed by atoms with E-state index >= 15 is 0 Å². The van der Waals surface area contributed by atoms with Crippen molar-refractivity contribution >= 4 is 17.7 Å². The number of nitrogens with zero attached hydrogens (tertiary/aromatic N) is 1. The van der Waals surface area contributed by atoms with Crippen molar-refractivity contribution < 1.29 is 29.7 Å². The summed E-state index contributed by atoms with van der Waals surface area (Å²) in [5, 5.41) is 41.5. The predicted octanol–water partition coefficient (Wildman–Crippen LogP) is 3.56. The minimum Gasteiger partial charge on any atom is -0.481 e. The number of hydrogen-bond donors (Lipinski definition) is 3. The van der Waals surface area contributed by atoms with Crippen LogP contribution in [0.5, 0.6) is 0 Å². The van der Waals surface area contributed by atoms with Gasteiger partial charge >= 0.3 is 11.9 Å². The topological polar surface area (TPSA) is 136 Å². The molecule has 4 aliphatic carbocycles. The number of aliphatic hydroxyl groups is 1. The lowest BCUT2D eigenvalue weighted by atomic mass is 9.36. The molecule has 0 aromatic rings. The molecule has 2 unspecified atom stereocenters. The van der Waals surface area contributed by atoms with Crippen molar-refractivity contribution in [1.29, 1.82) is 5.26 Å². The molecular formula is C25H33NO6. The smallest absolute Gasteiger partial charge is 0.309 e. The van der Waals surface area contributed by atoms with Crippen LogP contribution in [0.25, 0.3) is 0 Å². The van der Waals surface area contributed by atoms with Gasteiger partial charge in [0.25, 0.3) is 0 Å². The molecule has 3 saturated carbocycles. The third-order valence-electron chi connectivity index (χ3n) is 10.2. The van der Waals surface area contributed by atoms with Crippen LogP contribution in [-0.4, -0.2) is 38.6 Å². The molecule has 0 heterocycles. The van der Waals surface area contributed by atoms with Gasteiger partial charge in [-0.2, -0.15) is 5.26 Å². The van der Waals surface area contributed by atoms with Crippen molar-refractivity contribution in [2.24, 2.45) is 39.4 Å². The number of carbonyl (C=O) groups excluding carboxylic acids is 1. The largest absolute Gasteiger partial charge is 0.481 e. The van der Waals surface area contributed by atoms with Crippen LogP contribution in [0, 0.1) is 50.7 Å². The van der Waals surface area contributed by atoms with Gasteiger partial charge in [-0.1, -0.05) is 26.0 Å². The molecule has 4 rings (SSSR count). The van der Waals surface area contributed by atoms with E-state index in [1.54, 1.807) is 6.92 Å². The van der Waals surface area contributed by atoms with E-state index in [0.717, 1.165) is 0 Å². The zero-order chi connectivity index (χ0) is 23.7. The van der Waals surface area contributed by atoms with Crippen molar-refractivity contribution in [3.8, 4) is 6.07 Å². The zero-order valence-corrected chi connectivity index (χ0v) is 19.1. The van der Waals surface area contributed by atoms with Gasteiger partial charge in [0.1, 0.15) is 5.78 Å². The highest BCUT2D eigenvalue weighted by molar-refractivity contribution is 5.82. The van der Waals surface area contributed by atoms with Gasteiger partial charge < -0.3 is 15.3 Å². The van der Waals surface area contributed by atoms with Gasteiger partial charge in [0, 0.05) is 24.7 Å². The Hall–Kier alpha value is -2.20. The first kappa shape index (κ1) is 23.0.